The van der Waals surface area contributed by atoms with Crippen LogP contribution in [0, 0.1) is 0 Å². The number of rotatable bonds is 4. The molecule has 5 rings (SSSR count). The van der Waals surface area contributed by atoms with Crippen molar-refractivity contribution in [2.75, 3.05) is 24.7 Å². The number of likely N-dealkylation sites (tertiary alicyclic amines) is 1. The van der Waals surface area contributed by atoms with E-state index in [1.807, 2.05) is 54.7 Å². The third-order valence-corrected chi connectivity index (χ3v) is 6.72. The van der Waals surface area contributed by atoms with Gasteiger partial charge in [0.15, 0.2) is 0 Å². The van der Waals surface area contributed by atoms with Crippen molar-refractivity contribution in [3.05, 3.63) is 83.6 Å². The second kappa shape index (κ2) is 8.33. The second-order valence-electron chi connectivity index (χ2n) is 8.28. The van der Waals surface area contributed by atoms with Gasteiger partial charge in [0.2, 0.25) is 5.91 Å². The third kappa shape index (κ3) is 3.91. The summed E-state index contributed by atoms with van der Waals surface area (Å²) in [5, 5.41) is 3.81. The maximum Gasteiger partial charge on any atom is 0.247 e. The van der Waals surface area contributed by atoms with Crippen molar-refractivity contribution in [3.8, 4) is 11.1 Å². The number of piperidine rings is 1. The van der Waals surface area contributed by atoms with Crippen molar-refractivity contribution < 1.29 is 4.79 Å². The lowest BCUT2D eigenvalue weighted by Gasteiger charge is -2.43. The molecule has 0 unspecified atom stereocenters. The van der Waals surface area contributed by atoms with E-state index < -0.39 is 5.54 Å². The topological polar surface area (TPSA) is 48.5 Å². The highest BCUT2D eigenvalue weighted by atomic mass is 35.5. The number of amides is 1. The summed E-state index contributed by atoms with van der Waals surface area (Å²) in [5.74, 6) is 0.152. The van der Waals surface area contributed by atoms with Crippen LogP contribution in [0.3, 0.4) is 0 Å². The zero-order chi connectivity index (χ0) is 21.3. The third-order valence-electron chi connectivity index (χ3n) is 6.47. The first kappa shape index (κ1) is 20.0. The maximum absolute atomic E-state index is 12.8. The van der Waals surface area contributed by atoms with Crippen LogP contribution in [-0.4, -0.2) is 41.1 Å². The molecular formula is C25H25ClN4O. The van der Waals surface area contributed by atoms with Gasteiger partial charge < -0.3 is 10.2 Å². The molecule has 1 amide bonds. The van der Waals surface area contributed by atoms with Gasteiger partial charge in [0.1, 0.15) is 5.54 Å². The van der Waals surface area contributed by atoms with E-state index in [-0.39, 0.29) is 5.91 Å². The first-order valence-electron chi connectivity index (χ1n) is 10.7. The Labute approximate surface area is 187 Å². The van der Waals surface area contributed by atoms with Gasteiger partial charge in [-0.15, -0.1) is 0 Å². The van der Waals surface area contributed by atoms with Crippen molar-refractivity contribution in [3.63, 3.8) is 0 Å². The average Bonchev–Trinajstić information content (AvgIpc) is 3.12. The molecule has 1 aromatic heterocycles. The molecular weight excluding hydrogens is 408 g/mol. The fraction of sp³-hybridized carbons (Fsp3) is 0.280. The van der Waals surface area contributed by atoms with Gasteiger partial charge in [0.25, 0.3) is 0 Å². The van der Waals surface area contributed by atoms with Crippen LogP contribution in [0.5, 0.6) is 0 Å². The Kier molecular flexibility index (Phi) is 5.38. The molecule has 0 saturated carbocycles. The molecule has 1 spiro atoms. The van der Waals surface area contributed by atoms with E-state index in [0.29, 0.717) is 6.67 Å². The molecule has 0 radical (unpaired) electrons. The van der Waals surface area contributed by atoms with E-state index in [1.165, 1.54) is 0 Å². The van der Waals surface area contributed by atoms with Crippen LogP contribution in [0.4, 0.5) is 5.69 Å². The molecule has 3 heterocycles. The molecule has 6 heteroatoms. The Hall–Kier alpha value is -2.89. The highest BCUT2D eigenvalue weighted by Crippen LogP contribution is 2.36. The minimum atomic E-state index is -0.448. The van der Waals surface area contributed by atoms with Crippen LogP contribution in [0.25, 0.3) is 11.1 Å². The Morgan fingerprint density at radius 2 is 1.71 bits per heavy atom. The summed E-state index contributed by atoms with van der Waals surface area (Å²) >= 11 is 6.02. The number of nitrogens with one attached hydrogen (secondary N) is 1. The van der Waals surface area contributed by atoms with E-state index in [4.69, 9.17) is 11.6 Å². The number of pyridine rings is 1. The summed E-state index contributed by atoms with van der Waals surface area (Å²) in [6, 6.07) is 22.3. The van der Waals surface area contributed by atoms with E-state index in [1.54, 1.807) is 0 Å². The summed E-state index contributed by atoms with van der Waals surface area (Å²) in [4.78, 5) is 22.1. The SMILES string of the molecule is O=C1NCN(c2ccccc2)C12CCN(Cc1cc(-c3ccc(Cl)cc3)ccn1)CC2. The van der Waals surface area contributed by atoms with Crippen LogP contribution in [0.2, 0.25) is 5.02 Å². The minimum absolute atomic E-state index is 0.152. The first-order valence-corrected chi connectivity index (χ1v) is 11.1. The van der Waals surface area contributed by atoms with Gasteiger partial charge in [-0.2, -0.15) is 0 Å². The number of carbonyl (C=O) groups is 1. The van der Waals surface area contributed by atoms with Gasteiger partial charge >= 0.3 is 0 Å². The van der Waals surface area contributed by atoms with Gasteiger partial charge in [-0.1, -0.05) is 41.9 Å². The van der Waals surface area contributed by atoms with Crippen molar-refractivity contribution in [2.45, 2.75) is 24.9 Å². The van der Waals surface area contributed by atoms with E-state index >= 15 is 0 Å². The quantitative estimate of drug-likeness (QED) is 0.666. The Bertz CT molecular complexity index is 1060. The van der Waals surface area contributed by atoms with Gasteiger partial charge in [-0.25, -0.2) is 0 Å². The number of hydrogen-bond donors (Lipinski definition) is 1. The fourth-order valence-electron chi connectivity index (χ4n) is 4.73. The number of carbonyl (C=O) groups excluding carboxylic acids is 1. The number of para-hydroxylation sites is 1. The summed E-state index contributed by atoms with van der Waals surface area (Å²) < 4.78 is 0. The zero-order valence-corrected chi connectivity index (χ0v) is 18.1. The molecule has 2 aromatic carbocycles. The lowest BCUT2D eigenvalue weighted by Crippen LogP contribution is -2.56. The minimum Gasteiger partial charge on any atom is -0.339 e. The Balaban J connectivity index is 1.28. The second-order valence-corrected chi connectivity index (χ2v) is 8.71. The van der Waals surface area contributed by atoms with Crippen molar-refractivity contribution >= 4 is 23.2 Å². The molecule has 3 aromatic rings. The largest absolute Gasteiger partial charge is 0.339 e. The van der Waals surface area contributed by atoms with Crippen LogP contribution in [0.15, 0.2) is 72.9 Å². The number of anilines is 1. The smallest absolute Gasteiger partial charge is 0.247 e. The summed E-state index contributed by atoms with van der Waals surface area (Å²) in [6.45, 7) is 3.09. The van der Waals surface area contributed by atoms with Gasteiger partial charge in [0, 0.05) is 36.5 Å². The van der Waals surface area contributed by atoms with Crippen LogP contribution in [-0.2, 0) is 11.3 Å². The number of benzene rings is 2. The predicted octanol–water partition coefficient (Wildman–Crippen LogP) is 4.33. The van der Waals surface area contributed by atoms with Gasteiger partial charge in [-0.05, 0) is 60.4 Å². The van der Waals surface area contributed by atoms with Crippen LogP contribution < -0.4 is 10.2 Å². The lowest BCUT2D eigenvalue weighted by atomic mass is 9.85. The molecule has 0 atom stereocenters. The summed E-state index contributed by atoms with van der Waals surface area (Å²) in [6.07, 6.45) is 3.49. The molecule has 5 nitrogen and oxygen atoms in total. The van der Waals surface area contributed by atoms with Crippen LogP contribution >= 0.6 is 11.6 Å². The monoisotopic (exact) mass is 432 g/mol. The Morgan fingerprint density at radius 1 is 0.968 bits per heavy atom. The highest BCUT2D eigenvalue weighted by Gasteiger charge is 2.50. The van der Waals surface area contributed by atoms with Crippen molar-refractivity contribution in [2.24, 2.45) is 0 Å². The molecule has 0 aliphatic carbocycles. The predicted molar refractivity (Wildman–Crippen MR) is 124 cm³/mol. The first-order chi connectivity index (χ1) is 15.1. The van der Waals surface area contributed by atoms with Gasteiger partial charge in [0.05, 0.1) is 12.4 Å². The molecule has 158 valence electrons. The maximum atomic E-state index is 12.8. The van der Waals surface area contributed by atoms with Crippen LogP contribution in [0.1, 0.15) is 18.5 Å². The average molecular weight is 433 g/mol. The molecule has 31 heavy (non-hydrogen) atoms. The van der Waals surface area contributed by atoms with E-state index in [0.717, 1.165) is 60.0 Å². The molecule has 2 fully saturated rings. The van der Waals surface area contributed by atoms with Crippen molar-refractivity contribution in [1.29, 1.82) is 0 Å². The van der Waals surface area contributed by atoms with Gasteiger partial charge in [-0.3, -0.25) is 14.7 Å². The lowest BCUT2D eigenvalue weighted by molar-refractivity contribution is -0.125. The number of nitrogens with zero attached hydrogens (tertiary/aromatic N) is 3. The van der Waals surface area contributed by atoms with E-state index in [9.17, 15) is 4.79 Å². The summed E-state index contributed by atoms with van der Waals surface area (Å²) in [7, 11) is 0. The molecule has 1 N–H and O–H groups in total. The normalized spacial score (nSPS) is 18.4. The summed E-state index contributed by atoms with van der Waals surface area (Å²) in [5.41, 5.74) is 3.97. The number of halogens is 1. The molecule has 2 aliphatic heterocycles. The van der Waals surface area contributed by atoms with Crippen molar-refractivity contribution in [1.82, 2.24) is 15.2 Å². The highest BCUT2D eigenvalue weighted by molar-refractivity contribution is 6.30. The fourth-order valence-corrected chi connectivity index (χ4v) is 4.86. The standard InChI is InChI=1S/C25H25ClN4O/c26-21-8-6-19(7-9-21)20-10-13-27-22(16-20)17-29-14-11-25(12-15-29)24(31)28-18-30(25)23-4-2-1-3-5-23/h1-10,13,16H,11-12,14-15,17-18H2,(H,28,31). The number of aromatic nitrogens is 1. The molecule has 2 aliphatic rings. The number of hydrogen-bond acceptors (Lipinski definition) is 4. The van der Waals surface area contributed by atoms with E-state index in [2.05, 4.69) is 38.3 Å². The molecule has 0 bridgehead atoms. The molecule has 2 saturated heterocycles. The Morgan fingerprint density at radius 3 is 2.45 bits per heavy atom. The zero-order valence-electron chi connectivity index (χ0n) is 17.3.